The average Bonchev–Trinajstić information content (AvgIpc) is 3.15. The van der Waals surface area contributed by atoms with Crippen LogP contribution in [0.4, 0.5) is 0 Å². The summed E-state index contributed by atoms with van der Waals surface area (Å²) in [5.74, 6) is 2.11. The second-order valence-electron chi connectivity index (χ2n) is 5.64. The first-order chi connectivity index (χ1) is 12.7. The van der Waals surface area contributed by atoms with E-state index in [0.717, 1.165) is 11.3 Å². The van der Waals surface area contributed by atoms with Crippen molar-refractivity contribution in [3.8, 4) is 40.1 Å². The van der Waals surface area contributed by atoms with Gasteiger partial charge in [-0.1, -0.05) is 41.0 Å². The summed E-state index contributed by atoms with van der Waals surface area (Å²) < 4.78 is 11.0. The molecule has 0 unspecified atom stereocenters. The lowest BCUT2D eigenvalue weighted by atomic mass is 9.94. The third-order valence-electron chi connectivity index (χ3n) is 3.77. The van der Waals surface area contributed by atoms with Crippen LogP contribution in [0.1, 0.15) is 0 Å². The van der Waals surface area contributed by atoms with E-state index >= 15 is 0 Å². The van der Waals surface area contributed by atoms with Gasteiger partial charge < -0.3 is 14.4 Å². The van der Waals surface area contributed by atoms with Crippen molar-refractivity contribution in [2.45, 2.75) is 0 Å². The number of para-hydroxylation sites is 1. The molecule has 3 aromatic carbocycles. The van der Waals surface area contributed by atoms with Crippen LogP contribution in [0.2, 0.25) is 0 Å². The number of phenols is 1. The van der Waals surface area contributed by atoms with Crippen molar-refractivity contribution < 1.29 is 14.4 Å². The largest absolute Gasteiger partial charge is 0.507 e. The molecule has 0 aliphatic heterocycles. The van der Waals surface area contributed by atoms with Gasteiger partial charge in [0.05, 0.1) is 5.56 Å². The van der Waals surface area contributed by atoms with Gasteiger partial charge in [-0.2, -0.15) is 4.98 Å². The van der Waals surface area contributed by atoms with Crippen molar-refractivity contribution in [2.24, 2.45) is 0 Å². The van der Waals surface area contributed by atoms with Crippen molar-refractivity contribution in [3.63, 3.8) is 0 Å². The Morgan fingerprint density at radius 3 is 2.38 bits per heavy atom. The Labute approximate surface area is 151 Å². The number of aromatic hydroxyl groups is 1. The molecule has 4 aromatic rings. The Kier molecular flexibility index (Phi) is 4.15. The van der Waals surface area contributed by atoms with Crippen molar-refractivity contribution in [1.82, 2.24) is 10.1 Å². The van der Waals surface area contributed by atoms with E-state index in [2.05, 4.69) is 10.1 Å². The number of aromatic nitrogens is 2. The maximum absolute atomic E-state index is 9.94. The fourth-order valence-electron chi connectivity index (χ4n) is 2.47. The maximum Gasteiger partial charge on any atom is 0.261 e. The average molecular weight is 340 g/mol. The van der Waals surface area contributed by atoms with Gasteiger partial charge >= 0.3 is 0 Å². The van der Waals surface area contributed by atoms with Crippen LogP contribution >= 0.6 is 0 Å². The van der Waals surface area contributed by atoms with E-state index in [4.69, 9.17) is 17.1 Å². The number of benzene rings is 3. The molecule has 26 heavy (non-hydrogen) atoms. The minimum atomic E-state index is 0.0287. The highest BCUT2D eigenvalue weighted by Crippen LogP contribution is 2.29. The number of hydrogen-bond donors (Lipinski definition) is 1. The fourth-order valence-corrected chi connectivity index (χ4v) is 2.47. The molecule has 0 aliphatic carbocycles. The third-order valence-corrected chi connectivity index (χ3v) is 3.77. The van der Waals surface area contributed by atoms with Gasteiger partial charge in [0.25, 0.3) is 5.89 Å². The zero-order valence-corrected chi connectivity index (χ0v) is 13.7. The molecular formula is C20H13BN2O3. The molecule has 0 spiro atoms. The van der Waals surface area contributed by atoms with Crippen LogP contribution in [-0.4, -0.2) is 23.1 Å². The molecule has 0 aliphatic rings. The number of ether oxygens (including phenoxy) is 1. The summed E-state index contributed by atoms with van der Waals surface area (Å²) in [7, 11) is 5.75. The fraction of sp³-hybridized carbons (Fsp3) is 0. The molecule has 124 valence electrons. The van der Waals surface area contributed by atoms with Crippen molar-refractivity contribution in [2.75, 3.05) is 0 Å². The van der Waals surface area contributed by atoms with E-state index in [1.54, 1.807) is 12.1 Å². The molecule has 2 radical (unpaired) electrons. The van der Waals surface area contributed by atoms with Crippen molar-refractivity contribution in [1.29, 1.82) is 0 Å². The Balaban J connectivity index is 1.57. The van der Waals surface area contributed by atoms with Crippen LogP contribution in [0.5, 0.6) is 17.2 Å². The van der Waals surface area contributed by atoms with Gasteiger partial charge in [-0.15, -0.1) is 0 Å². The highest BCUT2D eigenvalue weighted by molar-refractivity contribution is 6.32. The molecule has 6 heteroatoms. The zero-order valence-electron chi connectivity index (χ0n) is 13.7. The van der Waals surface area contributed by atoms with E-state index in [9.17, 15) is 5.11 Å². The lowest BCUT2D eigenvalue weighted by molar-refractivity contribution is 0.426. The van der Waals surface area contributed by atoms with Gasteiger partial charge in [0.2, 0.25) is 5.82 Å². The Hall–Kier alpha value is -3.54. The van der Waals surface area contributed by atoms with Crippen LogP contribution in [0, 0.1) is 0 Å². The number of phenolic OH excluding ortho intramolecular Hbond substituents is 1. The Morgan fingerprint density at radius 2 is 1.62 bits per heavy atom. The summed E-state index contributed by atoms with van der Waals surface area (Å²) in [6, 6.07) is 21.5. The highest BCUT2D eigenvalue weighted by Gasteiger charge is 2.14. The van der Waals surface area contributed by atoms with Gasteiger partial charge in [-0.3, -0.25) is 0 Å². The van der Waals surface area contributed by atoms with Gasteiger partial charge in [0.15, 0.2) is 0 Å². The minimum Gasteiger partial charge on any atom is -0.507 e. The lowest BCUT2D eigenvalue weighted by Crippen LogP contribution is -2.00. The monoisotopic (exact) mass is 340 g/mol. The minimum absolute atomic E-state index is 0.0287. The molecule has 5 nitrogen and oxygen atoms in total. The van der Waals surface area contributed by atoms with E-state index in [0.29, 0.717) is 22.6 Å². The van der Waals surface area contributed by atoms with Crippen LogP contribution in [0.25, 0.3) is 22.8 Å². The quantitative estimate of drug-likeness (QED) is 0.574. The van der Waals surface area contributed by atoms with Gasteiger partial charge in [-0.05, 0) is 42.5 Å². The van der Waals surface area contributed by atoms with Gasteiger partial charge in [-0.25, -0.2) is 0 Å². The zero-order chi connectivity index (χ0) is 17.9. The first-order valence-electron chi connectivity index (χ1n) is 7.95. The van der Waals surface area contributed by atoms with Gasteiger partial charge in [0.1, 0.15) is 25.1 Å². The summed E-state index contributed by atoms with van der Waals surface area (Å²) in [6.45, 7) is 0. The highest BCUT2D eigenvalue weighted by atomic mass is 16.5. The van der Waals surface area contributed by atoms with E-state index in [1.807, 2.05) is 54.6 Å². The summed E-state index contributed by atoms with van der Waals surface area (Å²) >= 11 is 0. The number of hydrogen-bond acceptors (Lipinski definition) is 5. The third kappa shape index (κ3) is 3.30. The molecule has 0 saturated heterocycles. The predicted octanol–water partition coefficient (Wildman–Crippen LogP) is 3.70. The first kappa shape index (κ1) is 16.0. The molecule has 0 fully saturated rings. The smallest absolute Gasteiger partial charge is 0.261 e. The summed E-state index contributed by atoms with van der Waals surface area (Å²) in [4.78, 5) is 4.33. The molecule has 1 heterocycles. The molecule has 1 N–H and O–H groups in total. The summed E-state index contributed by atoms with van der Waals surface area (Å²) in [5, 5.41) is 13.9. The molecular weight excluding hydrogens is 327 g/mol. The summed E-state index contributed by atoms with van der Waals surface area (Å²) in [5.41, 5.74) is 1.66. The Morgan fingerprint density at radius 1 is 0.885 bits per heavy atom. The molecule has 0 atom stereocenters. The Bertz CT molecular complexity index is 1030. The van der Waals surface area contributed by atoms with Crippen LogP contribution < -0.4 is 10.2 Å². The predicted molar refractivity (Wildman–Crippen MR) is 98.7 cm³/mol. The molecule has 4 rings (SSSR count). The SMILES string of the molecule is [B]c1ccc(O)c(-c2nc(-c3ccc(Oc4ccccc4)cc3)no2)c1. The lowest BCUT2D eigenvalue weighted by Gasteiger charge is -2.05. The maximum atomic E-state index is 9.94. The molecule has 1 aromatic heterocycles. The molecule has 0 bridgehead atoms. The van der Waals surface area contributed by atoms with Crippen molar-refractivity contribution in [3.05, 3.63) is 72.8 Å². The van der Waals surface area contributed by atoms with Crippen molar-refractivity contribution >= 4 is 13.3 Å². The topological polar surface area (TPSA) is 68.4 Å². The molecule has 0 saturated carbocycles. The van der Waals surface area contributed by atoms with Crippen LogP contribution in [0.15, 0.2) is 77.3 Å². The van der Waals surface area contributed by atoms with E-state index in [-0.39, 0.29) is 11.6 Å². The number of nitrogens with zero attached hydrogens (tertiary/aromatic N) is 2. The van der Waals surface area contributed by atoms with Gasteiger partial charge in [0, 0.05) is 5.56 Å². The van der Waals surface area contributed by atoms with E-state index < -0.39 is 0 Å². The van der Waals surface area contributed by atoms with E-state index in [1.165, 1.54) is 6.07 Å². The summed E-state index contributed by atoms with van der Waals surface area (Å²) in [6.07, 6.45) is 0. The van der Waals surface area contributed by atoms with Crippen LogP contribution in [-0.2, 0) is 0 Å². The normalized spacial score (nSPS) is 10.6. The molecule has 0 amide bonds. The first-order valence-corrected chi connectivity index (χ1v) is 7.95. The van der Waals surface area contributed by atoms with Crippen LogP contribution in [0.3, 0.4) is 0 Å². The second-order valence-corrected chi connectivity index (χ2v) is 5.64. The second kappa shape index (κ2) is 6.76. The number of rotatable bonds is 4. The standard InChI is InChI=1S/C20H13BN2O3/c21-14-8-11-18(24)17(12-14)20-22-19(23-26-20)13-6-9-16(10-7-13)25-15-4-2-1-3-5-15/h1-12,24H.